The Kier molecular flexibility index (Phi) is 4.23. The smallest absolute Gasteiger partial charge is 0.334 e. The van der Waals surface area contributed by atoms with Gasteiger partial charge in [0.05, 0.1) is 13.2 Å². The van der Waals surface area contributed by atoms with E-state index in [1.807, 2.05) is 6.92 Å². The molecular formula is C15H15ClN2O5. The van der Waals surface area contributed by atoms with Gasteiger partial charge in [-0.3, -0.25) is 19.4 Å². The predicted octanol–water partition coefficient (Wildman–Crippen LogP) is 1.91. The first-order valence-corrected chi connectivity index (χ1v) is 7.60. The van der Waals surface area contributed by atoms with Crippen molar-refractivity contribution in [3.8, 4) is 5.75 Å². The summed E-state index contributed by atoms with van der Waals surface area (Å²) < 4.78 is 10.7. The molecule has 1 saturated heterocycles. The highest BCUT2D eigenvalue weighted by Gasteiger charge is 2.44. The van der Waals surface area contributed by atoms with Crippen molar-refractivity contribution >= 4 is 29.4 Å². The summed E-state index contributed by atoms with van der Waals surface area (Å²) in [6.07, 6.45) is 0.589. The summed E-state index contributed by atoms with van der Waals surface area (Å²) in [6.45, 7) is 2.41. The van der Waals surface area contributed by atoms with Gasteiger partial charge in [0.2, 0.25) is 0 Å². The minimum absolute atomic E-state index is 0.0630. The van der Waals surface area contributed by atoms with Crippen LogP contribution in [0.3, 0.4) is 0 Å². The van der Waals surface area contributed by atoms with Crippen molar-refractivity contribution in [2.45, 2.75) is 26.5 Å². The second-order valence-electron chi connectivity index (χ2n) is 5.29. The van der Waals surface area contributed by atoms with E-state index in [1.165, 1.54) is 0 Å². The van der Waals surface area contributed by atoms with Crippen molar-refractivity contribution in [3.63, 3.8) is 0 Å². The molecule has 7 nitrogen and oxygen atoms in total. The highest BCUT2D eigenvalue weighted by Crippen LogP contribution is 2.33. The Labute approximate surface area is 137 Å². The number of hydrogen-bond acceptors (Lipinski definition) is 5. The number of fused-ring (bicyclic) bond motifs is 1. The van der Waals surface area contributed by atoms with Gasteiger partial charge in [-0.1, -0.05) is 18.5 Å². The molecule has 2 aliphatic heterocycles. The second-order valence-corrected chi connectivity index (χ2v) is 5.73. The molecule has 3 rings (SSSR count). The molecule has 0 aliphatic carbocycles. The number of nitrogens with zero attached hydrogens (tertiary/aromatic N) is 2. The molecule has 2 heterocycles. The number of hydrogen-bond donors (Lipinski definition) is 0. The Hall–Kier alpha value is -2.12. The average Bonchev–Trinajstić information content (AvgIpc) is 2.73. The summed E-state index contributed by atoms with van der Waals surface area (Å²) in [5.74, 6) is -1.08. The Morgan fingerprint density at radius 2 is 1.91 bits per heavy atom. The molecule has 0 aromatic heterocycles. The lowest BCUT2D eigenvalue weighted by Crippen LogP contribution is -2.33. The molecule has 0 spiro atoms. The largest absolute Gasteiger partial charge is 0.467 e. The van der Waals surface area contributed by atoms with Gasteiger partial charge in [-0.2, -0.15) is 0 Å². The Morgan fingerprint density at radius 1 is 1.17 bits per heavy atom. The summed E-state index contributed by atoms with van der Waals surface area (Å²) in [4.78, 5) is 38.1. The summed E-state index contributed by atoms with van der Waals surface area (Å²) in [5.41, 5.74) is 1.32. The van der Waals surface area contributed by atoms with Crippen molar-refractivity contribution in [2.75, 3.05) is 13.3 Å². The van der Waals surface area contributed by atoms with E-state index in [0.29, 0.717) is 29.4 Å². The van der Waals surface area contributed by atoms with Crippen LogP contribution in [0.4, 0.5) is 4.79 Å². The first-order chi connectivity index (χ1) is 11.0. The predicted molar refractivity (Wildman–Crippen MR) is 79.7 cm³/mol. The van der Waals surface area contributed by atoms with Crippen LogP contribution in [0.2, 0.25) is 5.02 Å². The first kappa shape index (κ1) is 15.8. The first-order valence-electron chi connectivity index (χ1n) is 7.22. The second kappa shape index (κ2) is 6.17. The van der Waals surface area contributed by atoms with Crippen molar-refractivity contribution in [3.05, 3.63) is 28.3 Å². The van der Waals surface area contributed by atoms with E-state index in [9.17, 15) is 14.4 Å². The number of benzene rings is 1. The van der Waals surface area contributed by atoms with Gasteiger partial charge in [0.25, 0.3) is 0 Å². The fraction of sp³-hybridized carbons (Fsp3) is 0.400. The molecule has 0 atom stereocenters. The highest BCUT2D eigenvalue weighted by molar-refractivity contribution is 6.44. The molecule has 8 heteroatoms. The van der Waals surface area contributed by atoms with Crippen LogP contribution in [0.5, 0.6) is 5.75 Å². The van der Waals surface area contributed by atoms with E-state index in [-0.39, 0.29) is 19.9 Å². The number of carbonyl (C=O) groups is 3. The van der Waals surface area contributed by atoms with Crippen molar-refractivity contribution in [1.29, 1.82) is 0 Å². The molecule has 1 aromatic carbocycles. The molecule has 23 heavy (non-hydrogen) atoms. The lowest BCUT2D eigenvalue weighted by Gasteiger charge is -2.23. The molecule has 1 fully saturated rings. The average molecular weight is 339 g/mol. The minimum Gasteiger partial charge on any atom is -0.467 e. The maximum absolute atomic E-state index is 12.3. The normalized spacial score (nSPS) is 17.6. The van der Waals surface area contributed by atoms with Crippen LogP contribution >= 0.6 is 11.6 Å². The third-order valence-corrected chi connectivity index (χ3v) is 3.88. The Bertz CT molecular complexity index is 691. The van der Waals surface area contributed by atoms with Crippen molar-refractivity contribution in [2.24, 2.45) is 0 Å². The fourth-order valence-corrected chi connectivity index (χ4v) is 2.92. The van der Waals surface area contributed by atoms with Crippen LogP contribution in [-0.2, 0) is 27.5 Å². The van der Waals surface area contributed by atoms with E-state index in [0.717, 1.165) is 15.4 Å². The standard InChI is InChI=1S/C15H15ClN2O5/c1-2-3-17-13(19)14(20)18(15(17)21)6-9-4-11(16)5-10-7-22-8-23-12(9)10/h4-5H,2-3,6-8H2,1H3. The highest BCUT2D eigenvalue weighted by atomic mass is 35.5. The van der Waals surface area contributed by atoms with Gasteiger partial charge in [0.1, 0.15) is 5.75 Å². The van der Waals surface area contributed by atoms with Crippen LogP contribution in [0.1, 0.15) is 24.5 Å². The zero-order chi connectivity index (χ0) is 16.6. The third kappa shape index (κ3) is 2.77. The van der Waals surface area contributed by atoms with Gasteiger partial charge in [-0.25, -0.2) is 4.79 Å². The number of urea groups is 1. The number of amides is 4. The SMILES string of the molecule is CCCN1C(=O)C(=O)N(Cc2cc(Cl)cc3c2OCOC3)C1=O. The van der Waals surface area contributed by atoms with Crippen molar-refractivity contribution < 1.29 is 23.9 Å². The van der Waals surface area contributed by atoms with E-state index in [1.54, 1.807) is 12.1 Å². The molecule has 122 valence electrons. The third-order valence-electron chi connectivity index (χ3n) is 3.66. The maximum atomic E-state index is 12.3. The quantitative estimate of drug-likeness (QED) is 0.619. The molecule has 0 bridgehead atoms. The van der Waals surface area contributed by atoms with Crippen LogP contribution < -0.4 is 4.74 Å². The Morgan fingerprint density at radius 3 is 2.65 bits per heavy atom. The Balaban J connectivity index is 1.90. The molecule has 4 amide bonds. The van der Waals surface area contributed by atoms with Gasteiger partial charge in [-0.05, 0) is 18.6 Å². The molecule has 0 radical (unpaired) electrons. The zero-order valence-corrected chi connectivity index (χ0v) is 13.3. The molecule has 1 aromatic rings. The monoisotopic (exact) mass is 338 g/mol. The molecular weight excluding hydrogens is 324 g/mol. The van der Waals surface area contributed by atoms with E-state index in [4.69, 9.17) is 21.1 Å². The minimum atomic E-state index is -0.829. The van der Waals surface area contributed by atoms with Gasteiger partial charge >= 0.3 is 17.8 Å². The zero-order valence-electron chi connectivity index (χ0n) is 12.5. The summed E-state index contributed by atoms with van der Waals surface area (Å²) in [6, 6.07) is 2.73. The number of halogens is 1. The van der Waals surface area contributed by atoms with E-state index >= 15 is 0 Å². The lowest BCUT2D eigenvalue weighted by atomic mass is 10.1. The summed E-state index contributed by atoms with van der Waals surface area (Å²) >= 11 is 6.07. The topological polar surface area (TPSA) is 76.2 Å². The molecule has 0 saturated carbocycles. The summed E-state index contributed by atoms with van der Waals surface area (Å²) in [7, 11) is 0. The number of rotatable bonds is 4. The number of ether oxygens (including phenoxy) is 2. The van der Waals surface area contributed by atoms with E-state index in [2.05, 4.69) is 0 Å². The molecule has 0 N–H and O–H groups in total. The van der Waals surface area contributed by atoms with Gasteiger partial charge in [-0.15, -0.1) is 0 Å². The van der Waals surface area contributed by atoms with Crippen molar-refractivity contribution in [1.82, 2.24) is 9.80 Å². The maximum Gasteiger partial charge on any atom is 0.334 e. The number of carbonyl (C=O) groups excluding carboxylic acids is 3. The summed E-state index contributed by atoms with van der Waals surface area (Å²) in [5, 5.41) is 0.448. The molecule has 0 unspecified atom stereocenters. The molecule has 2 aliphatic rings. The van der Waals surface area contributed by atoms with Crippen LogP contribution in [-0.4, -0.2) is 41.0 Å². The van der Waals surface area contributed by atoms with Gasteiger partial charge in [0, 0.05) is 22.7 Å². The van der Waals surface area contributed by atoms with Crippen LogP contribution in [0, 0.1) is 0 Å². The van der Waals surface area contributed by atoms with Gasteiger partial charge in [0.15, 0.2) is 6.79 Å². The lowest BCUT2D eigenvalue weighted by molar-refractivity contribution is -0.143. The van der Waals surface area contributed by atoms with E-state index < -0.39 is 17.8 Å². The van der Waals surface area contributed by atoms with Gasteiger partial charge < -0.3 is 9.47 Å². The number of imide groups is 2. The van der Waals surface area contributed by atoms with Crippen LogP contribution in [0.15, 0.2) is 12.1 Å². The van der Waals surface area contributed by atoms with Crippen LogP contribution in [0.25, 0.3) is 0 Å². The fourth-order valence-electron chi connectivity index (χ4n) is 2.66.